The molecule has 20 atom stereocenters. The van der Waals surface area contributed by atoms with Crippen molar-refractivity contribution in [2.75, 3.05) is 6.61 Å². The molecule has 2 aromatic carbocycles. The number of hydrogen-bond acceptors (Lipinski definition) is 23. The Kier molecular flexibility index (Phi) is 13.7. The van der Waals surface area contributed by atoms with E-state index >= 15 is 0 Å². The maximum absolute atomic E-state index is 14.5. The predicted octanol–water partition coefficient (Wildman–Crippen LogP) is -4.04. The van der Waals surface area contributed by atoms with Gasteiger partial charge in [0.15, 0.2) is 24.4 Å². The third kappa shape index (κ3) is 8.83. The molecule has 23 nitrogen and oxygen atoms in total. The van der Waals surface area contributed by atoms with E-state index in [4.69, 9.17) is 42.3 Å². The quantitative estimate of drug-likeness (QED) is 0.0921. The van der Waals surface area contributed by atoms with Crippen LogP contribution in [0.25, 0.3) is 22.3 Å². The normalized spacial score (nSPS) is 41.5. The molecule has 0 radical (unpaired) electrons. The van der Waals surface area contributed by atoms with Crippen LogP contribution in [0.2, 0.25) is 0 Å². The molecule has 0 bridgehead atoms. The van der Waals surface area contributed by atoms with Crippen LogP contribution in [-0.2, 0) is 28.4 Å². The van der Waals surface area contributed by atoms with E-state index in [2.05, 4.69) is 0 Å². The van der Waals surface area contributed by atoms with Gasteiger partial charge in [0.2, 0.25) is 23.8 Å². The molecule has 0 saturated carbocycles. The molecule has 7 rings (SSSR count). The first-order valence-corrected chi connectivity index (χ1v) is 19.6. The zero-order valence-electron chi connectivity index (χ0n) is 33.1. The standard InChI is InChI=1S/C39H50O23/c1-11-21(42)26(47)30(51)36(55-11)54-10-19-24(45)29(50)35(62-38-32(53)28(49)23(44)13(3)57-38)39(60-19)61-34-25(46)20-17(41)8-16(58-37-31(52)27(48)22(43)12(2)56-37)9-18(20)59-33(34)14-4-6-15(40)7-5-14/h4-9,11-13,19,21-24,26-32,35-45,47-53H,10H2,1-3H3/t11-,12-,13-,19+,21-,22-,23-,24+,26+,27+,28+,29-,30+,31+,32+,35+,36+,37-,38-,39-/m0/s1. The highest BCUT2D eigenvalue weighted by molar-refractivity contribution is 5.88. The summed E-state index contributed by atoms with van der Waals surface area (Å²) >= 11 is 0. The van der Waals surface area contributed by atoms with Crippen molar-refractivity contribution in [3.63, 3.8) is 0 Å². The second-order valence-corrected chi connectivity index (χ2v) is 15.7. The van der Waals surface area contributed by atoms with Crippen LogP contribution in [0.5, 0.6) is 23.0 Å². The molecule has 1 aromatic heterocycles. The zero-order valence-corrected chi connectivity index (χ0v) is 33.1. The molecule has 344 valence electrons. The molecule has 0 aliphatic carbocycles. The third-order valence-electron chi connectivity index (χ3n) is 11.3. The van der Waals surface area contributed by atoms with Gasteiger partial charge in [-0.25, -0.2) is 0 Å². The topological polar surface area (TPSA) is 367 Å². The molecule has 0 amide bonds. The van der Waals surface area contributed by atoms with Crippen molar-refractivity contribution in [3.8, 4) is 34.3 Å². The van der Waals surface area contributed by atoms with Gasteiger partial charge in [0.1, 0.15) is 101 Å². The third-order valence-corrected chi connectivity index (χ3v) is 11.3. The number of phenolic OH excluding ortho intramolecular Hbond substituents is 2. The molecule has 5 heterocycles. The first kappa shape index (κ1) is 46.2. The molecule has 23 heteroatoms. The number of ether oxygens (including phenoxy) is 8. The van der Waals surface area contributed by atoms with Gasteiger partial charge >= 0.3 is 0 Å². The van der Waals surface area contributed by atoms with Crippen molar-refractivity contribution in [2.24, 2.45) is 0 Å². The van der Waals surface area contributed by atoms with E-state index in [0.29, 0.717) is 0 Å². The van der Waals surface area contributed by atoms with Crippen LogP contribution in [-0.4, -0.2) is 196 Å². The summed E-state index contributed by atoms with van der Waals surface area (Å²) in [5, 5.41) is 137. The van der Waals surface area contributed by atoms with Crippen LogP contribution in [0.3, 0.4) is 0 Å². The van der Waals surface area contributed by atoms with E-state index in [0.717, 1.165) is 12.1 Å². The first-order chi connectivity index (χ1) is 29.3. The summed E-state index contributed by atoms with van der Waals surface area (Å²) in [5.41, 5.74) is -1.36. The van der Waals surface area contributed by atoms with Crippen molar-refractivity contribution < 1.29 is 109 Å². The summed E-state index contributed by atoms with van der Waals surface area (Å²) in [4.78, 5) is 14.5. The van der Waals surface area contributed by atoms with Crippen LogP contribution in [0, 0.1) is 0 Å². The van der Waals surface area contributed by atoms with E-state index < -0.39 is 158 Å². The van der Waals surface area contributed by atoms with Crippen LogP contribution in [0.4, 0.5) is 0 Å². The number of aliphatic hydroxyl groups is 11. The monoisotopic (exact) mass is 886 g/mol. The van der Waals surface area contributed by atoms with Crippen molar-refractivity contribution in [2.45, 2.75) is 144 Å². The van der Waals surface area contributed by atoms with E-state index in [9.17, 15) is 71.2 Å². The average molecular weight is 887 g/mol. The number of hydrogen-bond donors (Lipinski definition) is 13. The summed E-state index contributed by atoms with van der Waals surface area (Å²) < 4.78 is 52.0. The molecule has 4 aliphatic heterocycles. The Bertz CT molecular complexity index is 2060. The first-order valence-electron chi connectivity index (χ1n) is 19.6. The Morgan fingerprint density at radius 3 is 1.69 bits per heavy atom. The fraction of sp³-hybridized carbons (Fsp3) is 0.615. The van der Waals surface area contributed by atoms with Gasteiger partial charge in [0.25, 0.3) is 0 Å². The fourth-order valence-electron chi connectivity index (χ4n) is 7.50. The maximum atomic E-state index is 14.5. The Hall–Kier alpha value is -3.83. The highest BCUT2D eigenvalue weighted by Gasteiger charge is 2.52. The summed E-state index contributed by atoms with van der Waals surface area (Å²) in [6.45, 7) is 3.47. The Labute approximate surface area is 350 Å². The summed E-state index contributed by atoms with van der Waals surface area (Å²) in [6.07, 6.45) is -32.8. The molecule has 4 aliphatic rings. The molecule has 0 spiro atoms. The number of benzene rings is 2. The lowest BCUT2D eigenvalue weighted by atomic mass is 9.97. The minimum atomic E-state index is -2.06. The Morgan fingerprint density at radius 1 is 0.565 bits per heavy atom. The Balaban J connectivity index is 1.27. The van der Waals surface area contributed by atoms with E-state index in [1.54, 1.807) is 0 Å². The molecule has 0 unspecified atom stereocenters. The van der Waals surface area contributed by atoms with Gasteiger partial charge in [-0.2, -0.15) is 0 Å². The van der Waals surface area contributed by atoms with E-state index in [1.165, 1.54) is 45.0 Å². The molecular weight excluding hydrogens is 836 g/mol. The van der Waals surface area contributed by atoms with Gasteiger partial charge in [-0.05, 0) is 45.0 Å². The summed E-state index contributed by atoms with van der Waals surface area (Å²) in [7, 11) is 0. The van der Waals surface area contributed by atoms with Crippen LogP contribution < -0.4 is 14.9 Å². The van der Waals surface area contributed by atoms with E-state index in [1.807, 2.05) is 0 Å². The second kappa shape index (κ2) is 18.3. The minimum absolute atomic E-state index is 0.0728. The predicted molar refractivity (Wildman–Crippen MR) is 201 cm³/mol. The maximum Gasteiger partial charge on any atom is 0.239 e. The highest BCUT2D eigenvalue weighted by Crippen LogP contribution is 2.39. The van der Waals surface area contributed by atoms with Crippen LogP contribution >= 0.6 is 0 Å². The lowest BCUT2D eigenvalue weighted by Gasteiger charge is -2.46. The smallest absolute Gasteiger partial charge is 0.239 e. The van der Waals surface area contributed by atoms with Gasteiger partial charge in [-0.1, -0.05) is 0 Å². The van der Waals surface area contributed by atoms with E-state index in [-0.39, 0.29) is 22.6 Å². The van der Waals surface area contributed by atoms with Gasteiger partial charge in [0, 0.05) is 17.7 Å². The lowest BCUT2D eigenvalue weighted by molar-refractivity contribution is -0.360. The zero-order chi connectivity index (χ0) is 45.1. The number of fused-ring (bicyclic) bond motifs is 1. The molecule has 3 aromatic rings. The summed E-state index contributed by atoms with van der Waals surface area (Å²) in [6, 6.07) is 7.21. The number of rotatable bonds is 10. The van der Waals surface area contributed by atoms with Crippen molar-refractivity contribution in [1.82, 2.24) is 0 Å². The molecule has 4 saturated heterocycles. The van der Waals surface area contributed by atoms with Crippen molar-refractivity contribution >= 4 is 11.0 Å². The molecule has 4 fully saturated rings. The van der Waals surface area contributed by atoms with Gasteiger partial charge in [-0.15, -0.1) is 0 Å². The van der Waals surface area contributed by atoms with Gasteiger partial charge < -0.3 is 109 Å². The SMILES string of the molecule is C[C@@H]1O[C@@H](OC[C@H]2O[C@@H](Oc3c(-c4ccc(O)cc4)oc4cc(O[C@@H]5O[C@@H](C)[C@H](O)[C@@H](O)[C@H]5O)cc(O)c4c3=O)[C@H](O[C@@H]3O[C@@H](C)[C@H](O)[C@@H](O)[C@H]3O)[C@@H](O)[C@@H]2O)[C@H](O)[C@H](O)[C@H]1O. The average Bonchev–Trinajstić information content (AvgIpc) is 3.24. The van der Waals surface area contributed by atoms with Gasteiger partial charge in [0.05, 0.1) is 24.9 Å². The molecular formula is C39H50O23. The largest absolute Gasteiger partial charge is 0.508 e. The molecule has 62 heavy (non-hydrogen) atoms. The highest BCUT2D eigenvalue weighted by atomic mass is 16.8. The number of phenols is 2. The lowest BCUT2D eigenvalue weighted by Crippen LogP contribution is -2.65. The minimum Gasteiger partial charge on any atom is -0.508 e. The number of aromatic hydroxyl groups is 2. The van der Waals surface area contributed by atoms with Crippen LogP contribution in [0.1, 0.15) is 20.8 Å². The van der Waals surface area contributed by atoms with Gasteiger partial charge in [-0.3, -0.25) is 4.79 Å². The van der Waals surface area contributed by atoms with Crippen molar-refractivity contribution in [3.05, 3.63) is 46.6 Å². The Morgan fingerprint density at radius 2 is 1.10 bits per heavy atom. The molecule has 13 N–H and O–H groups in total. The van der Waals surface area contributed by atoms with Crippen molar-refractivity contribution in [1.29, 1.82) is 0 Å². The number of aliphatic hydroxyl groups excluding tert-OH is 11. The fourth-order valence-corrected chi connectivity index (χ4v) is 7.50. The van der Waals surface area contributed by atoms with Crippen LogP contribution in [0.15, 0.2) is 45.6 Å². The second-order valence-electron chi connectivity index (χ2n) is 15.7. The summed E-state index contributed by atoms with van der Waals surface area (Å²) in [5.74, 6) is -2.31.